The summed E-state index contributed by atoms with van der Waals surface area (Å²) in [5, 5.41) is 3.39. The van der Waals surface area contributed by atoms with E-state index >= 15 is 0 Å². The van der Waals surface area contributed by atoms with Gasteiger partial charge in [-0.2, -0.15) is 0 Å². The minimum atomic E-state index is 0.641. The van der Waals surface area contributed by atoms with Crippen LogP contribution in [0.2, 0.25) is 0 Å². The molecule has 4 rings (SSSR count). The van der Waals surface area contributed by atoms with E-state index in [1.807, 2.05) is 48.5 Å². The molecule has 2 heteroatoms. The summed E-state index contributed by atoms with van der Waals surface area (Å²) in [4.78, 5) is 0. The van der Waals surface area contributed by atoms with Crippen LogP contribution in [0.1, 0.15) is 121 Å². The Kier molecular flexibility index (Phi) is 24.9. The lowest BCUT2D eigenvalue weighted by atomic mass is 9.90. The molecular weight excluding hydrogens is 462 g/mol. The molecule has 1 heterocycles. The van der Waals surface area contributed by atoms with Crippen LogP contribution in [0.3, 0.4) is 0 Å². The summed E-state index contributed by atoms with van der Waals surface area (Å²) in [6.07, 6.45) is 9.34. The lowest BCUT2D eigenvalue weighted by Gasteiger charge is -2.18. The summed E-state index contributed by atoms with van der Waals surface area (Å²) in [6, 6.07) is 13.9. The molecule has 2 nitrogen and oxygen atoms in total. The van der Waals surface area contributed by atoms with E-state index in [2.05, 4.69) is 75.6 Å². The van der Waals surface area contributed by atoms with Crippen LogP contribution in [0.5, 0.6) is 0 Å². The van der Waals surface area contributed by atoms with E-state index in [4.69, 9.17) is 4.74 Å². The Labute approximate surface area is 238 Å². The van der Waals surface area contributed by atoms with Crippen molar-refractivity contribution in [2.24, 2.45) is 0 Å². The Morgan fingerprint density at radius 2 is 1.42 bits per heavy atom. The third-order valence-corrected chi connectivity index (χ3v) is 6.16. The molecule has 0 saturated carbocycles. The van der Waals surface area contributed by atoms with Gasteiger partial charge in [-0.15, -0.1) is 0 Å². The van der Waals surface area contributed by atoms with Crippen LogP contribution in [-0.2, 0) is 37.0 Å². The van der Waals surface area contributed by atoms with Crippen molar-refractivity contribution in [2.45, 2.75) is 120 Å². The third kappa shape index (κ3) is 15.2. The second-order valence-electron chi connectivity index (χ2n) is 8.88. The summed E-state index contributed by atoms with van der Waals surface area (Å²) in [6.45, 7) is 30.5. The van der Waals surface area contributed by atoms with Gasteiger partial charge in [-0.25, -0.2) is 0 Å². The molecule has 0 saturated heterocycles. The van der Waals surface area contributed by atoms with E-state index in [1.54, 1.807) is 22.8 Å². The molecule has 0 radical (unpaired) electrons. The Morgan fingerprint density at radius 3 is 1.95 bits per heavy atom. The van der Waals surface area contributed by atoms with Crippen molar-refractivity contribution in [3.05, 3.63) is 94.8 Å². The molecule has 1 aliphatic carbocycles. The first-order valence-corrected chi connectivity index (χ1v) is 15.4. The SMILES string of the molecule is C=CC(=C)OCC.CC.CC.CC.CC(C)c1ccc2c(c1)CCNC2.CCc1ccc2c(c1)CCCC2. The van der Waals surface area contributed by atoms with Crippen LogP contribution in [0, 0.1) is 0 Å². The molecule has 2 aliphatic rings. The first kappa shape index (κ1) is 37.8. The van der Waals surface area contributed by atoms with Crippen molar-refractivity contribution in [1.82, 2.24) is 5.32 Å². The first-order chi connectivity index (χ1) is 18.5. The quantitative estimate of drug-likeness (QED) is 0.311. The topological polar surface area (TPSA) is 21.3 Å². The summed E-state index contributed by atoms with van der Waals surface area (Å²) in [5.74, 6) is 1.29. The third-order valence-electron chi connectivity index (χ3n) is 6.16. The number of allylic oxidation sites excluding steroid dienone is 1. The van der Waals surface area contributed by atoms with Crippen LogP contribution in [0.4, 0.5) is 0 Å². The van der Waals surface area contributed by atoms with Gasteiger partial charge in [0.2, 0.25) is 0 Å². The number of rotatable bonds is 5. The fourth-order valence-electron chi connectivity index (χ4n) is 4.11. The largest absolute Gasteiger partial charge is 0.495 e. The zero-order valence-corrected chi connectivity index (χ0v) is 26.8. The molecule has 0 amide bonds. The molecule has 0 aromatic heterocycles. The van der Waals surface area contributed by atoms with Gasteiger partial charge in [0, 0.05) is 6.54 Å². The lowest BCUT2D eigenvalue weighted by molar-refractivity contribution is 0.244. The van der Waals surface area contributed by atoms with E-state index < -0.39 is 0 Å². The molecule has 0 spiro atoms. The van der Waals surface area contributed by atoms with Gasteiger partial charge < -0.3 is 10.1 Å². The molecule has 216 valence electrons. The molecular formula is C36H61NO. The Hall–Kier alpha value is -2.32. The predicted molar refractivity (Wildman–Crippen MR) is 173 cm³/mol. The van der Waals surface area contributed by atoms with Crippen LogP contribution in [0.25, 0.3) is 0 Å². The molecule has 0 bridgehead atoms. The van der Waals surface area contributed by atoms with Crippen molar-refractivity contribution in [1.29, 1.82) is 0 Å². The highest BCUT2D eigenvalue weighted by molar-refractivity contribution is 5.35. The fraction of sp³-hybridized carbons (Fsp3) is 0.556. The van der Waals surface area contributed by atoms with Crippen LogP contribution in [-0.4, -0.2) is 13.2 Å². The highest BCUT2D eigenvalue weighted by Crippen LogP contribution is 2.22. The normalized spacial score (nSPS) is 12.3. The molecule has 0 fully saturated rings. The Morgan fingerprint density at radius 1 is 0.842 bits per heavy atom. The van der Waals surface area contributed by atoms with E-state index in [9.17, 15) is 0 Å². The van der Waals surface area contributed by atoms with Crippen LogP contribution < -0.4 is 5.32 Å². The van der Waals surface area contributed by atoms with Gasteiger partial charge in [0.05, 0.1) is 6.61 Å². The first-order valence-electron chi connectivity index (χ1n) is 15.4. The summed E-state index contributed by atoms with van der Waals surface area (Å²) in [7, 11) is 0. The second-order valence-corrected chi connectivity index (χ2v) is 8.88. The number of hydrogen-bond donors (Lipinski definition) is 1. The number of hydrogen-bond acceptors (Lipinski definition) is 2. The predicted octanol–water partition coefficient (Wildman–Crippen LogP) is 10.4. The average molecular weight is 524 g/mol. The van der Waals surface area contributed by atoms with Gasteiger partial charge in [0.15, 0.2) is 0 Å². The Bertz CT molecular complexity index is 866. The summed E-state index contributed by atoms with van der Waals surface area (Å²) < 4.78 is 4.88. The van der Waals surface area contributed by atoms with E-state index in [1.165, 1.54) is 55.2 Å². The smallest absolute Gasteiger partial charge is 0.111 e. The Balaban J connectivity index is 0. The summed E-state index contributed by atoms with van der Waals surface area (Å²) in [5.41, 5.74) is 9.20. The van der Waals surface area contributed by atoms with Crippen molar-refractivity contribution in [3.63, 3.8) is 0 Å². The average Bonchev–Trinajstić information content (AvgIpc) is 3.00. The van der Waals surface area contributed by atoms with Crippen molar-refractivity contribution >= 4 is 0 Å². The van der Waals surface area contributed by atoms with Gasteiger partial charge in [0.25, 0.3) is 0 Å². The second kappa shape index (κ2) is 25.0. The van der Waals surface area contributed by atoms with Gasteiger partial charge in [-0.3, -0.25) is 0 Å². The number of fused-ring (bicyclic) bond motifs is 2. The number of aryl methyl sites for hydroxylation is 3. The van der Waals surface area contributed by atoms with Crippen LogP contribution in [0.15, 0.2) is 61.4 Å². The molecule has 0 atom stereocenters. The number of benzene rings is 2. The maximum Gasteiger partial charge on any atom is 0.111 e. The molecule has 2 aromatic carbocycles. The van der Waals surface area contributed by atoms with Gasteiger partial charge in [0.1, 0.15) is 5.76 Å². The lowest BCUT2D eigenvalue weighted by Crippen LogP contribution is -2.23. The minimum Gasteiger partial charge on any atom is -0.495 e. The van der Waals surface area contributed by atoms with Gasteiger partial charge in [-0.05, 0) is 97.4 Å². The highest BCUT2D eigenvalue weighted by atomic mass is 16.5. The summed E-state index contributed by atoms with van der Waals surface area (Å²) >= 11 is 0. The zero-order chi connectivity index (χ0) is 29.3. The zero-order valence-electron chi connectivity index (χ0n) is 26.8. The van der Waals surface area contributed by atoms with Crippen molar-refractivity contribution in [3.8, 4) is 0 Å². The fourth-order valence-corrected chi connectivity index (χ4v) is 4.11. The molecule has 1 N–H and O–H groups in total. The molecule has 1 aliphatic heterocycles. The van der Waals surface area contributed by atoms with E-state index in [-0.39, 0.29) is 0 Å². The van der Waals surface area contributed by atoms with E-state index in [0.717, 1.165) is 13.1 Å². The maximum absolute atomic E-state index is 4.88. The highest BCUT2D eigenvalue weighted by Gasteiger charge is 2.10. The van der Waals surface area contributed by atoms with E-state index in [0.29, 0.717) is 18.3 Å². The van der Waals surface area contributed by atoms with Crippen molar-refractivity contribution < 1.29 is 4.74 Å². The number of ether oxygens (including phenoxy) is 1. The van der Waals surface area contributed by atoms with Crippen molar-refractivity contribution in [2.75, 3.05) is 13.2 Å². The molecule has 0 unspecified atom stereocenters. The van der Waals surface area contributed by atoms with Gasteiger partial charge in [-0.1, -0.05) is 112 Å². The molecule has 2 aromatic rings. The monoisotopic (exact) mass is 523 g/mol. The standard InChI is InChI=1S/C12H17N.C12H16.C6H10O.3C2H6/c1-9(2)10-3-4-12-8-13-6-5-11(12)7-10;1-2-10-7-8-11-5-3-4-6-12(11)9-10;1-4-6(3)7-5-2;3*1-2/h3-4,7,9,13H,5-6,8H2,1-2H3;7-9H,2-6H2,1H3;4H,1,3,5H2,2H3;3*1-2H3. The van der Waals surface area contributed by atoms with Crippen LogP contribution >= 0.6 is 0 Å². The number of nitrogens with one attached hydrogen (secondary N) is 1. The molecule has 38 heavy (non-hydrogen) atoms. The van der Waals surface area contributed by atoms with Gasteiger partial charge >= 0.3 is 0 Å². The maximum atomic E-state index is 4.88. The minimum absolute atomic E-state index is 0.641.